The van der Waals surface area contributed by atoms with E-state index in [1.54, 1.807) is 18.2 Å². The predicted molar refractivity (Wildman–Crippen MR) is 123 cm³/mol. The molecule has 0 radical (unpaired) electrons. The van der Waals surface area contributed by atoms with Gasteiger partial charge in [-0.05, 0) is 42.0 Å². The number of nitrogens with one attached hydrogen (secondary N) is 1. The highest BCUT2D eigenvalue weighted by Crippen LogP contribution is 2.29. The SMILES string of the molecule is COc1c(C(=O)NCc2ccc(F)cc2)ccc2nc(-c3ccc([N+](=O)[O-])cc3)n(C)c(=O)c12. The molecule has 0 saturated carbocycles. The van der Waals surface area contributed by atoms with Crippen molar-refractivity contribution in [2.24, 2.45) is 7.05 Å². The molecule has 172 valence electrons. The molecule has 0 fully saturated rings. The van der Waals surface area contributed by atoms with E-state index in [2.05, 4.69) is 10.3 Å². The number of aromatic nitrogens is 2. The molecule has 34 heavy (non-hydrogen) atoms. The maximum absolute atomic E-state index is 13.2. The zero-order chi connectivity index (χ0) is 24.4. The van der Waals surface area contributed by atoms with Crippen molar-refractivity contribution in [2.45, 2.75) is 6.54 Å². The minimum Gasteiger partial charge on any atom is -0.495 e. The Morgan fingerprint density at radius 1 is 1.12 bits per heavy atom. The number of ether oxygens (including phenoxy) is 1. The number of rotatable bonds is 6. The molecule has 10 heteroatoms. The Balaban J connectivity index is 1.72. The number of nitrogens with zero attached hydrogens (tertiary/aromatic N) is 3. The monoisotopic (exact) mass is 462 g/mol. The van der Waals surface area contributed by atoms with Gasteiger partial charge in [-0.1, -0.05) is 12.1 Å². The summed E-state index contributed by atoms with van der Waals surface area (Å²) in [5.41, 5.74) is 1.17. The van der Waals surface area contributed by atoms with Gasteiger partial charge in [0.05, 0.1) is 23.1 Å². The fourth-order valence-corrected chi connectivity index (χ4v) is 3.59. The summed E-state index contributed by atoms with van der Waals surface area (Å²) in [7, 11) is 2.88. The Morgan fingerprint density at radius 3 is 2.41 bits per heavy atom. The van der Waals surface area contributed by atoms with Gasteiger partial charge in [-0.2, -0.15) is 0 Å². The molecule has 4 rings (SSSR count). The number of methoxy groups -OCH3 is 1. The van der Waals surface area contributed by atoms with Crippen LogP contribution in [-0.2, 0) is 13.6 Å². The Morgan fingerprint density at radius 2 is 1.79 bits per heavy atom. The van der Waals surface area contributed by atoms with Gasteiger partial charge in [-0.25, -0.2) is 9.37 Å². The summed E-state index contributed by atoms with van der Waals surface area (Å²) in [6.45, 7) is 0.162. The van der Waals surface area contributed by atoms with E-state index in [0.29, 0.717) is 22.5 Å². The van der Waals surface area contributed by atoms with Crippen molar-refractivity contribution < 1.29 is 18.8 Å². The van der Waals surface area contributed by atoms with Crippen LogP contribution in [0.4, 0.5) is 10.1 Å². The normalized spacial score (nSPS) is 10.8. The summed E-state index contributed by atoms with van der Waals surface area (Å²) in [6, 6.07) is 14.5. The number of hydrogen-bond donors (Lipinski definition) is 1. The van der Waals surface area contributed by atoms with E-state index >= 15 is 0 Å². The molecule has 0 unspecified atom stereocenters. The van der Waals surface area contributed by atoms with E-state index in [1.165, 1.54) is 61.2 Å². The van der Waals surface area contributed by atoms with Crippen LogP contribution in [0.2, 0.25) is 0 Å². The number of nitro benzene ring substituents is 1. The second-order valence-electron chi connectivity index (χ2n) is 7.45. The van der Waals surface area contributed by atoms with Crippen molar-refractivity contribution >= 4 is 22.5 Å². The highest BCUT2D eigenvalue weighted by Gasteiger charge is 2.21. The van der Waals surface area contributed by atoms with E-state index in [1.807, 2.05) is 0 Å². The van der Waals surface area contributed by atoms with Gasteiger partial charge in [-0.15, -0.1) is 0 Å². The number of hydrogen-bond acceptors (Lipinski definition) is 6. The molecule has 3 aromatic carbocycles. The number of amides is 1. The van der Waals surface area contributed by atoms with Crippen LogP contribution in [0.5, 0.6) is 5.75 Å². The van der Waals surface area contributed by atoms with Crippen LogP contribution in [-0.4, -0.2) is 27.5 Å². The second-order valence-corrected chi connectivity index (χ2v) is 7.45. The first-order valence-electron chi connectivity index (χ1n) is 10.2. The molecule has 9 nitrogen and oxygen atoms in total. The number of benzene rings is 3. The molecule has 0 aliphatic heterocycles. The maximum Gasteiger partial charge on any atom is 0.269 e. The molecular formula is C24H19FN4O5. The van der Waals surface area contributed by atoms with Crippen LogP contribution in [0.25, 0.3) is 22.3 Å². The third-order valence-corrected chi connectivity index (χ3v) is 5.35. The van der Waals surface area contributed by atoms with Gasteiger partial charge in [0.15, 0.2) is 0 Å². The molecule has 1 heterocycles. The third kappa shape index (κ3) is 4.20. The van der Waals surface area contributed by atoms with Crippen LogP contribution in [0.1, 0.15) is 15.9 Å². The van der Waals surface area contributed by atoms with E-state index in [0.717, 1.165) is 0 Å². The first-order chi connectivity index (χ1) is 16.3. The molecule has 0 aliphatic carbocycles. The zero-order valence-electron chi connectivity index (χ0n) is 18.2. The van der Waals surface area contributed by atoms with Gasteiger partial charge in [0, 0.05) is 31.3 Å². The largest absolute Gasteiger partial charge is 0.495 e. The van der Waals surface area contributed by atoms with Gasteiger partial charge in [0.1, 0.15) is 22.8 Å². The first kappa shape index (κ1) is 22.6. The van der Waals surface area contributed by atoms with Gasteiger partial charge in [-0.3, -0.25) is 24.3 Å². The summed E-state index contributed by atoms with van der Waals surface area (Å²) in [4.78, 5) is 41.0. The highest BCUT2D eigenvalue weighted by molar-refractivity contribution is 6.03. The molecule has 0 bridgehead atoms. The van der Waals surface area contributed by atoms with Crippen molar-refractivity contribution in [1.82, 2.24) is 14.9 Å². The Labute approximate surface area is 192 Å². The molecule has 4 aromatic rings. The summed E-state index contributed by atoms with van der Waals surface area (Å²) in [5.74, 6) is -0.451. The summed E-state index contributed by atoms with van der Waals surface area (Å²) < 4.78 is 19.8. The summed E-state index contributed by atoms with van der Waals surface area (Å²) in [5, 5.41) is 13.8. The number of nitro groups is 1. The Kier molecular flexibility index (Phi) is 6.05. The molecule has 0 spiro atoms. The quantitative estimate of drug-likeness (QED) is 0.346. The molecule has 0 saturated heterocycles. The van der Waals surface area contributed by atoms with Crippen molar-refractivity contribution in [2.75, 3.05) is 7.11 Å². The van der Waals surface area contributed by atoms with Gasteiger partial charge >= 0.3 is 0 Å². The smallest absolute Gasteiger partial charge is 0.269 e. The van der Waals surface area contributed by atoms with Crippen LogP contribution < -0.4 is 15.6 Å². The average molecular weight is 462 g/mol. The lowest BCUT2D eigenvalue weighted by atomic mass is 10.1. The van der Waals surface area contributed by atoms with Gasteiger partial charge in [0.25, 0.3) is 17.2 Å². The van der Waals surface area contributed by atoms with Crippen molar-refractivity contribution in [1.29, 1.82) is 0 Å². The Hall–Kier alpha value is -4.60. The van der Waals surface area contributed by atoms with Crippen molar-refractivity contribution in [3.05, 3.63) is 98.1 Å². The fraction of sp³-hybridized carbons (Fsp3) is 0.125. The molecule has 0 aliphatic rings. The minimum atomic E-state index is -0.510. The average Bonchev–Trinajstić information content (AvgIpc) is 2.85. The van der Waals surface area contributed by atoms with E-state index < -0.39 is 16.4 Å². The topological polar surface area (TPSA) is 116 Å². The lowest BCUT2D eigenvalue weighted by Crippen LogP contribution is -2.25. The number of halogens is 1. The van der Waals surface area contributed by atoms with E-state index in [9.17, 15) is 24.1 Å². The minimum absolute atomic E-state index is 0.0764. The summed E-state index contributed by atoms with van der Waals surface area (Å²) in [6.07, 6.45) is 0. The summed E-state index contributed by atoms with van der Waals surface area (Å²) >= 11 is 0. The molecule has 1 N–H and O–H groups in total. The molecule has 1 aromatic heterocycles. The van der Waals surface area contributed by atoms with E-state index in [4.69, 9.17) is 4.74 Å². The molecular weight excluding hydrogens is 443 g/mol. The van der Waals surface area contributed by atoms with Crippen molar-refractivity contribution in [3.63, 3.8) is 0 Å². The fourth-order valence-electron chi connectivity index (χ4n) is 3.59. The molecule has 1 amide bonds. The second kappa shape index (κ2) is 9.10. The zero-order valence-corrected chi connectivity index (χ0v) is 18.2. The lowest BCUT2D eigenvalue weighted by Gasteiger charge is -2.14. The van der Waals surface area contributed by atoms with Crippen LogP contribution in [0.15, 0.2) is 65.5 Å². The number of carbonyl (C=O) groups is 1. The van der Waals surface area contributed by atoms with E-state index in [-0.39, 0.29) is 34.7 Å². The predicted octanol–water partition coefficient (Wildman–Crippen LogP) is 3.59. The van der Waals surface area contributed by atoms with Gasteiger partial charge < -0.3 is 10.1 Å². The number of carbonyl (C=O) groups excluding carboxylic acids is 1. The Bertz CT molecular complexity index is 1460. The van der Waals surface area contributed by atoms with Crippen molar-refractivity contribution in [3.8, 4) is 17.1 Å². The van der Waals surface area contributed by atoms with Gasteiger partial charge in [0.2, 0.25) is 0 Å². The van der Waals surface area contributed by atoms with Crippen LogP contribution >= 0.6 is 0 Å². The van der Waals surface area contributed by atoms with Crippen LogP contribution in [0, 0.1) is 15.9 Å². The standard InChI is InChI=1S/C24H19FN4O5/c1-28-22(15-5-9-17(10-6-15)29(32)33)27-19-12-11-18(21(34-2)20(19)24(28)31)23(30)26-13-14-3-7-16(25)8-4-14/h3-12H,13H2,1-2H3,(H,26,30). The lowest BCUT2D eigenvalue weighted by molar-refractivity contribution is -0.384. The first-order valence-corrected chi connectivity index (χ1v) is 10.2. The highest BCUT2D eigenvalue weighted by atomic mass is 19.1. The maximum atomic E-state index is 13.2. The van der Waals surface area contributed by atoms with Crippen LogP contribution in [0.3, 0.4) is 0 Å². The molecule has 0 atom stereocenters. The number of non-ortho nitro benzene ring substituents is 1. The third-order valence-electron chi connectivity index (χ3n) is 5.35. The number of fused-ring (bicyclic) bond motifs is 1.